The zero-order valence-corrected chi connectivity index (χ0v) is 32.1. The van der Waals surface area contributed by atoms with Crippen LogP contribution in [0.2, 0.25) is 0 Å². The first kappa shape index (κ1) is 46.6. The molecule has 5 rings (SSSR count). The van der Waals surface area contributed by atoms with Gasteiger partial charge in [-0.3, -0.25) is 19.1 Å². The zero-order valence-electron chi connectivity index (χ0n) is 30.5. The van der Waals surface area contributed by atoms with Crippen LogP contribution in [0.5, 0.6) is 0 Å². The fourth-order valence-electron chi connectivity index (χ4n) is 4.07. The van der Waals surface area contributed by atoms with E-state index >= 15 is 0 Å². The maximum Gasteiger partial charge on any atom is 0.408 e. The molecule has 2 saturated carbocycles. The average molecular weight is 751 g/mol. The number of terminal acetylenes is 1. The Hall–Kier alpha value is -4.42. The first-order chi connectivity index (χ1) is 23.9. The molecular weight excluding hydrogens is 697 g/mol. The Labute approximate surface area is 306 Å². The van der Waals surface area contributed by atoms with E-state index in [1.807, 2.05) is 17.5 Å². The highest BCUT2D eigenvalue weighted by Crippen LogP contribution is 2.27. The van der Waals surface area contributed by atoms with Crippen molar-refractivity contribution < 1.29 is 42.2 Å². The number of carboxylic acid groups (broad SMARTS) is 1. The van der Waals surface area contributed by atoms with Crippen molar-refractivity contribution in [3.63, 3.8) is 0 Å². The van der Waals surface area contributed by atoms with Crippen LogP contribution in [0.4, 0.5) is 4.79 Å². The lowest BCUT2D eigenvalue weighted by Crippen LogP contribution is -2.49. The topological polar surface area (TPSA) is 188 Å². The number of carboxylic acids is 1. The van der Waals surface area contributed by atoms with Crippen LogP contribution in [-0.4, -0.2) is 84.7 Å². The van der Waals surface area contributed by atoms with Crippen molar-refractivity contribution in [2.45, 2.75) is 103 Å². The Morgan fingerprint density at radius 1 is 1.06 bits per heavy atom. The third-order valence-electron chi connectivity index (χ3n) is 6.46. The normalized spacial score (nSPS) is 15.9. The van der Waals surface area contributed by atoms with Crippen molar-refractivity contribution in [1.29, 1.82) is 0 Å². The van der Waals surface area contributed by atoms with E-state index in [2.05, 4.69) is 57.4 Å². The van der Waals surface area contributed by atoms with E-state index in [0.717, 1.165) is 35.3 Å². The molecule has 3 fully saturated rings. The number of nitrogens with zero attached hydrogens (tertiary/aromatic N) is 1. The number of benzene rings is 1. The van der Waals surface area contributed by atoms with E-state index < -0.39 is 33.7 Å². The number of hydrogen-bond donors (Lipinski definition) is 4. The molecule has 0 radical (unpaired) electrons. The van der Waals surface area contributed by atoms with Gasteiger partial charge in [0.1, 0.15) is 18.2 Å². The lowest BCUT2D eigenvalue weighted by molar-refractivity contribution is -0.137. The van der Waals surface area contributed by atoms with Gasteiger partial charge in [0.2, 0.25) is 28.2 Å². The number of likely N-dealkylation sites (tertiary alicyclic amines) is 1. The predicted octanol–water partition coefficient (Wildman–Crippen LogP) is 5.32. The Morgan fingerprint density at radius 3 is 2.14 bits per heavy atom. The van der Waals surface area contributed by atoms with E-state index in [4.69, 9.17) is 9.84 Å². The number of hydrogen-bond acceptors (Lipinski definition) is 9. The summed E-state index contributed by atoms with van der Waals surface area (Å²) in [7, 11) is -3.26. The second-order valence-corrected chi connectivity index (χ2v) is 16.0. The molecule has 51 heavy (non-hydrogen) atoms. The summed E-state index contributed by atoms with van der Waals surface area (Å²) in [6.45, 7) is 18.2. The molecule has 3 aliphatic rings. The molecular formula is C36H54N4O9S2. The molecule has 1 aromatic heterocycles. The van der Waals surface area contributed by atoms with Gasteiger partial charge in [-0.1, -0.05) is 20.8 Å². The minimum Gasteiger partial charge on any atom is -0.478 e. The lowest BCUT2D eigenvalue weighted by Gasteiger charge is -2.25. The molecule has 284 valence electrons. The van der Waals surface area contributed by atoms with Crippen LogP contribution < -0.4 is 15.4 Å². The fraction of sp³-hybridized carbons (Fsp3) is 0.528. The van der Waals surface area contributed by atoms with Gasteiger partial charge in [-0.15, -0.1) is 37.3 Å². The summed E-state index contributed by atoms with van der Waals surface area (Å²) in [6, 6.07) is 6.95. The predicted molar refractivity (Wildman–Crippen MR) is 202 cm³/mol. The molecule has 1 atom stereocenters. The van der Waals surface area contributed by atoms with Crippen molar-refractivity contribution in [2.24, 2.45) is 5.92 Å². The van der Waals surface area contributed by atoms with Gasteiger partial charge >= 0.3 is 12.1 Å². The van der Waals surface area contributed by atoms with Crippen molar-refractivity contribution in [3.05, 3.63) is 48.4 Å². The number of sulfonamides is 1. The van der Waals surface area contributed by atoms with E-state index in [9.17, 15) is 32.4 Å². The maximum absolute atomic E-state index is 12.2. The SMILES string of the molecule is C#C.C=C.CC(C)(C)OC(=O)NCC(=O)N1CCC[C@H]1C(=O)NC1CC1.CC(C)C.O=C(O)c1ccc2sccc2c1.O=CNS(=O)(=O)C1CC1. The minimum absolute atomic E-state index is 0.0781. The third kappa shape index (κ3) is 19.5. The van der Waals surface area contributed by atoms with Crippen molar-refractivity contribution in [1.82, 2.24) is 20.3 Å². The summed E-state index contributed by atoms with van der Waals surface area (Å²) in [6.07, 6.45) is 12.5. The number of aromatic carboxylic acids is 1. The fourth-order valence-corrected chi connectivity index (χ4v) is 5.92. The van der Waals surface area contributed by atoms with Crippen molar-refractivity contribution >= 4 is 61.7 Å². The lowest BCUT2D eigenvalue weighted by atomic mass is 10.2. The molecule has 15 heteroatoms. The zero-order chi connectivity index (χ0) is 39.4. The summed E-state index contributed by atoms with van der Waals surface area (Å²) >= 11 is 1.61. The molecule has 0 spiro atoms. The van der Waals surface area contributed by atoms with Gasteiger partial charge in [0.25, 0.3) is 0 Å². The third-order valence-corrected chi connectivity index (χ3v) is 9.13. The minimum atomic E-state index is -3.26. The molecule has 2 aromatic rings. The van der Waals surface area contributed by atoms with Crippen LogP contribution in [0.3, 0.4) is 0 Å². The van der Waals surface area contributed by atoms with E-state index in [1.54, 1.807) is 53.9 Å². The molecule has 1 saturated heterocycles. The number of amides is 4. The molecule has 0 unspecified atom stereocenters. The van der Waals surface area contributed by atoms with Gasteiger partial charge in [0.05, 0.1) is 10.8 Å². The van der Waals surface area contributed by atoms with Crippen LogP contribution in [0.25, 0.3) is 10.1 Å². The molecule has 4 amide bonds. The molecule has 4 N–H and O–H groups in total. The van der Waals surface area contributed by atoms with Gasteiger partial charge < -0.3 is 25.4 Å². The van der Waals surface area contributed by atoms with Crippen molar-refractivity contribution in [3.8, 4) is 12.8 Å². The highest BCUT2D eigenvalue weighted by molar-refractivity contribution is 7.90. The number of ether oxygens (including phenoxy) is 1. The van der Waals surface area contributed by atoms with E-state index in [-0.39, 0.29) is 36.1 Å². The quantitative estimate of drug-likeness (QED) is 0.157. The van der Waals surface area contributed by atoms with Gasteiger partial charge in [0, 0.05) is 17.3 Å². The van der Waals surface area contributed by atoms with Crippen LogP contribution >= 0.6 is 11.3 Å². The Bertz CT molecular complexity index is 1540. The highest BCUT2D eigenvalue weighted by atomic mass is 32.2. The number of fused-ring (bicyclic) bond motifs is 1. The van der Waals surface area contributed by atoms with E-state index in [1.165, 1.54) is 0 Å². The van der Waals surface area contributed by atoms with Crippen molar-refractivity contribution in [2.75, 3.05) is 13.1 Å². The van der Waals surface area contributed by atoms with Gasteiger partial charge in [-0.2, -0.15) is 0 Å². The molecule has 0 bridgehead atoms. The highest BCUT2D eigenvalue weighted by Gasteiger charge is 2.37. The van der Waals surface area contributed by atoms with Gasteiger partial charge in [-0.05, 0) is 100 Å². The molecule has 1 aliphatic heterocycles. The molecule has 1 aromatic carbocycles. The standard InChI is InChI=1S/C15H25N3O4.C9H6O2S.C4H7NO3S.C4H10.C2H4.C2H2/c1-15(2,3)22-14(21)16-9-12(19)18-8-4-5-11(18)13(20)17-10-6-7-10;10-9(11)7-1-2-8-6(5-7)3-4-12-8;6-3-5-9(7,8)4-1-2-4;1-4(2)3;2*1-2/h10-11H,4-9H2,1-3H3,(H,16,21)(H,17,20);1-5H,(H,10,11);3-4H,1-2H2,(H,5,6);4H,1-3H3;1-2H2;1-2H/t11-;;;;;/m0...../s1. The van der Waals surface area contributed by atoms with Crippen LogP contribution in [-0.2, 0) is 29.1 Å². The summed E-state index contributed by atoms with van der Waals surface area (Å²) in [5.41, 5.74) is -0.256. The molecule has 13 nitrogen and oxygen atoms in total. The largest absolute Gasteiger partial charge is 0.478 e. The molecule has 2 heterocycles. The first-order valence-electron chi connectivity index (χ1n) is 16.5. The monoisotopic (exact) mass is 750 g/mol. The van der Waals surface area contributed by atoms with E-state index in [0.29, 0.717) is 31.4 Å². The maximum atomic E-state index is 12.2. The second kappa shape index (κ2) is 23.1. The summed E-state index contributed by atoms with van der Waals surface area (Å²) in [4.78, 5) is 57.7. The summed E-state index contributed by atoms with van der Waals surface area (Å²) < 4.78 is 29.3. The number of carbonyl (C=O) groups is 5. The Morgan fingerprint density at radius 2 is 1.65 bits per heavy atom. The number of alkyl carbamates (subject to hydrolysis) is 1. The van der Waals surface area contributed by atoms with Crippen LogP contribution in [0.1, 0.15) is 90.4 Å². The summed E-state index contributed by atoms with van der Waals surface area (Å²) in [5, 5.41) is 16.7. The Kier molecular flexibility index (Phi) is 21.1. The number of rotatable bonds is 8. The second-order valence-electron chi connectivity index (χ2n) is 13.1. The van der Waals surface area contributed by atoms with Gasteiger partial charge in [-0.25, -0.2) is 18.0 Å². The first-order valence-corrected chi connectivity index (χ1v) is 18.9. The van der Waals surface area contributed by atoms with Gasteiger partial charge in [0.15, 0.2) is 0 Å². The number of carbonyl (C=O) groups excluding carboxylic acids is 4. The van der Waals surface area contributed by atoms with Crippen LogP contribution in [0.15, 0.2) is 42.8 Å². The number of thiophene rings is 1. The average Bonchev–Trinajstić information content (AvgIpc) is 3.98. The molecule has 2 aliphatic carbocycles. The van der Waals surface area contributed by atoms with Crippen LogP contribution in [0, 0.1) is 18.8 Å². The number of nitrogens with one attached hydrogen (secondary N) is 3. The smallest absolute Gasteiger partial charge is 0.408 e. The summed E-state index contributed by atoms with van der Waals surface area (Å²) in [5.74, 6) is -0.368. The Balaban J connectivity index is 0.000000723.